The molecule has 0 saturated heterocycles. The Balaban J connectivity index is 0.00000231. The van der Waals surface area contributed by atoms with Crippen LogP contribution in [0.4, 0.5) is 13.2 Å². The largest absolute Gasteiger partial charge is 0.433 e. The van der Waals surface area contributed by atoms with Crippen molar-refractivity contribution in [3.05, 3.63) is 82.4 Å². The molecular weight excluding hydrogens is 431 g/mol. The molecule has 1 N–H and O–H groups in total. The zero-order valence-corrected chi connectivity index (χ0v) is 16.9. The van der Waals surface area contributed by atoms with Crippen LogP contribution in [0.25, 0.3) is 22.5 Å². The lowest BCUT2D eigenvalue weighted by molar-refractivity contribution is -0.141. The Morgan fingerprint density at radius 3 is 2.58 bits per heavy atom. The van der Waals surface area contributed by atoms with Crippen molar-refractivity contribution in [2.45, 2.75) is 19.1 Å². The summed E-state index contributed by atoms with van der Waals surface area (Å²) < 4.78 is 41.6. The van der Waals surface area contributed by atoms with E-state index in [1.165, 1.54) is 16.7 Å². The van der Waals surface area contributed by atoms with Gasteiger partial charge in [0, 0.05) is 55.8 Å². The molecule has 1 aliphatic rings. The zero-order chi connectivity index (χ0) is 20.9. The SMILES string of the molecule is Cl.O=c1cc(-c2ccc(C(F)(F)F)nc2)ccn1-c1ccn2c3c(nc2c1)CCNC3. The van der Waals surface area contributed by atoms with Crippen LogP contribution in [0.5, 0.6) is 0 Å². The molecule has 0 saturated carbocycles. The fraction of sp³-hybridized carbons (Fsp3) is 0.190. The number of pyridine rings is 3. The smallest absolute Gasteiger partial charge is 0.311 e. The van der Waals surface area contributed by atoms with Crippen LogP contribution in [0.1, 0.15) is 17.1 Å². The van der Waals surface area contributed by atoms with E-state index >= 15 is 0 Å². The molecule has 0 unspecified atom stereocenters. The fourth-order valence-electron chi connectivity index (χ4n) is 3.69. The van der Waals surface area contributed by atoms with Gasteiger partial charge in [0.25, 0.3) is 5.56 Å². The van der Waals surface area contributed by atoms with Gasteiger partial charge in [-0.3, -0.25) is 14.3 Å². The molecule has 31 heavy (non-hydrogen) atoms. The first kappa shape index (κ1) is 21.1. The van der Waals surface area contributed by atoms with Gasteiger partial charge >= 0.3 is 6.18 Å². The summed E-state index contributed by atoms with van der Waals surface area (Å²) in [5, 5.41) is 3.32. The molecule has 0 fully saturated rings. The van der Waals surface area contributed by atoms with Crippen molar-refractivity contribution in [3.63, 3.8) is 0 Å². The maximum Gasteiger partial charge on any atom is 0.433 e. The van der Waals surface area contributed by atoms with Crippen LogP contribution in [0.15, 0.2) is 59.8 Å². The van der Waals surface area contributed by atoms with Gasteiger partial charge in [-0.25, -0.2) is 4.98 Å². The van der Waals surface area contributed by atoms with Crippen molar-refractivity contribution in [2.24, 2.45) is 0 Å². The van der Waals surface area contributed by atoms with Gasteiger partial charge in [-0.2, -0.15) is 13.2 Å². The molecule has 0 radical (unpaired) electrons. The van der Waals surface area contributed by atoms with Gasteiger partial charge in [0.15, 0.2) is 0 Å². The minimum atomic E-state index is -4.50. The lowest BCUT2D eigenvalue weighted by atomic mass is 10.1. The zero-order valence-electron chi connectivity index (χ0n) is 16.1. The molecule has 0 spiro atoms. The van der Waals surface area contributed by atoms with Crippen molar-refractivity contribution in [1.29, 1.82) is 0 Å². The number of rotatable bonds is 2. The van der Waals surface area contributed by atoms with Crippen LogP contribution in [0.3, 0.4) is 0 Å². The van der Waals surface area contributed by atoms with Crippen LogP contribution >= 0.6 is 12.4 Å². The third-order valence-corrected chi connectivity index (χ3v) is 5.21. The van der Waals surface area contributed by atoms with E-state index in [2.05, 4.69) is 15.3 Å². The van der Waals surface area contributed by atoms with Crippen molar-refractivity contribution < 1.29 is 13.2 Å². The molecular formula is C21H17ClF3N5O. The van der Waals surface area contributed by atoms with Crippen molar-refractivity contribution in [1.82, 2.24) is 24.3 Å². The van der Waals surface area contributed by atoms with Gasteiger partial charge < -0.3 is 9.72 Å². The molecule has 160 valence electrons. The van der Waals surface area contributed by atoms with Gasteiger partial charge in [-0.05, 0) is 23.8 Å². The Hall–Kier alpha value is -3.17. The van der Waals surface area contributed by atoms with Gasteiger partial charge in [-0.1, -0.05) is 6.07 Å². The van der Waals surface area contributed by atoms with Crippen LogP contribution < -0.4 is 10.9 Å². The topological polar surface area (TPSA) is 64.2 Å². The Morgan fingerprint density at radius 1 is 1.03 bits per heavy atom. The monoisotopic (exact) mass is 447 g/mol. The summed E-state index contributed by atoms with van der Waals surface area (Å²) in [6.45, 7) is 1.65. The molecule has 0 atom stereocenters. The molecule has 5 rings (SSSR count). The van der Waals surface area contributed by atoms with Gasteiger partial charge in [0.2, 0.25) is 0 Å². The maximum absolute atomic E-state index is 12.7. The highest BCUT2D eigenvalue weighted by molar-refractivity contribution is 5.85. The molecule has 4 aromatic rings. The molecule has 10 heteroatoms. The molecule has 0 aliphatic carbocycles. The Morgan fingerprint density at radius 2 is 1.87 bits per heavy atom. The second-order valence-corrected chi connectivity index (χ2v) is 7.10. The van der Waals surface area contributed by atoms with E-state index in [9.17, 15) is 18.0 Å². The molecule has 0 bridgehead atoms. The fourth-order valence-corrected chi connectivity index (χ4v) is 3.69. The maximum atomic E-state index is 12.7. The highest BCUT2D eigenvalue weighted by Crippen LogP contribution is 2.28. The van der Waals surface area contributed by atoms with Crippen molar-refractivity contribution in [3.8, 4) is 16.8 Å². The van der Waals surface area contributed by atoms with Gasteiger partial charge in [-0.15, -0.1) is 12.4 Å². The Bertz CT molecular complexity index is 1310. The van der Waals surface area contributed by atoms with Crippen LogP contribution in [-0.4, -0.2) is 25.5 Å². The number of hydrogen-bond donors (Lipinski definition) is 1. The minimum Gasteiger partial charge on any atom is -0.311 e. The summed E-state index contributed by atoms with van der Waals surface area (Å²) in [6, 6.07) is 8.96. The molecule has 0 aromatic carbocycles. The summed E-state index contributed by atoms with van der Waals surface area (Å²) >= 11 is 0. The summed E-state index contributed by atoms with van der Waals surface area (Å²) in [5.74, 6) is 0. The highest BCUT2D eigenvalue weighted by atomic mass is 35.5. The second kappa shape index (κ2) is 7.82. The predicted octanol–water partition coefficient (Wildman–Crippen LogP) is 3.63. The minimum absolute atomic E-state index is 0. The number of halogens is 4. The highest BCUT2D eigenvalue weighted by Gasteiger charge is 2.32. The molecule has 6 nitrogen and oxygen atoms in total. The van der Waals surface area contributed by atoms with E-state index in [4.69, 9.17) is 0 Å². The number of alkyl halides is 3. The number of imidazole rings is 1. The molecule has 4 aromatic heterocycles. The van der Waals surface area contributed by atoms with E-state index < -0.39 is 11.9 Å². The third kappa shape index (κ3) is 3.82. The average Bonchev–Trinajstić information content (AvgIpc) is 3.11. The number of fused-ring (bicyclic) bond motifs is 3. The summed E-state index contributed by atoms with van der Waals surface area (Å²) in [6.07, 6.45) is 0.983. The first-order valence-electron chi connectivity index (χ1n) is 9.37. The Labute approximate surface area is 180 Å². The van der Waals surface area contributed by atoms with Crippen molar-refractivity contribution in [2.75, 3.05) is 6.54 Å². The third-order valence-electron chi connectivity index (χ3n) is 5.21. The predicted molar refractivity (Wildman–Crippen MR) is 112 cm³/mol. The molecule has 0 amide bonds. The van der Waals surface area contributed by atoms with Gasteiger partial charge in [0.1, 0.15) is 11.3 Å². The average molecular weight is 448 g/mol. The summed E-state index contributed by atoms with van der Waals surface area (Å²) in [7, 11) is 0. The van der Waals surface area contributed by atoms with Gasteiger partial charge in [0.05, 0.1) is 17.1 Å². The lowest BCUT2D eigenvalue weighted by Crippen LogP contribution is -2.24. The Kier molecular flexibility index (Phi) is 5.32. The first-order chi connectivity index (χ1) is 14.4. The summed E-state index contributed by atoms with van der Waals surface area (Å²) in [4.78, 5) is 20.8. The second-order valence-electron chi connectivity index (χ2n) is 7.10. The lowest BCUT2D eigenvalue weighted by Gasteiger charge is -2.12. The quantitative estimate of drug-likeness (QED) is 0.509. The number of nitrogens with one attached hydrogen (secondary N) is 1. The van der Waals surface area contributed by atoms with Crippen LogP contribution in [-0.2, 0) is 19.1 Å². The van der Waals surface area contributed by atoms with Crippen LogP contribution in [0.2, 0.25) is 0 Å². The van der Waals surface area contributed by atoms with E-state index in [1.807, 2.05) is 22.7 Å². The number of hydrogen-bond acceptors (Lipinski definition) is 4. The van der Waals surface area contributed by atoms with E-state index in [-0.39, 0.29) is 18.0 Å². The number of nitrogens with zero attached hydrogens (tertiary/aromatic N) is 4. The van der Waals surface area contributed by atoms with E-state index in [0.29, 0.717) is 16.8 Å². The van der Waals surface area contributed by atoms with Crippen LogP contribution in [0, 0.1) is 0 Å². The normalized spacial score (nSPS) is 13.6. The number of aromatic nitrogens is 4. The molecule has 5 heterocycles. The standard InChI is InChI=1S/C21H16F3N5O.ClH/c22-21(23,24)18-2-1-14(11-26-18)13-4-7-28(20(30)9-13)15-5-8-29-17-12-25-6-3-16(17)27-19(29)10-15;/h1-2,4-5,7-11,25H,3,6,12H2;1H. The first-order valence-corrected chi connectivity index (χ1v) is 9.37. The molecule has 1 aliphatic heterocycles. The van der Waals surface area contributed by atoms with E-state index in [1.54, 1.807) is 12.3 Å². The summed E-state index contributed by atoms with van der Waals surface area (Å²) in [5.41, 5.74) is 3.30. The van der Waals surface area contributed by atoms with E-state index in [0.717, 1.165) is 48.8 Å². The van der Waals surface area contributed by atoms with Crippen molar-refractivity contribution >= 4 is 18.1 Å².